The first-order valence-corrected chi connectivity index (χ1v) is 11.8. The first-order valence-electron chi connectivity index (χ1n) is 11.8. The normalized spacial score (nSPS) is 14.8. The van der Waals surface area contributed by atoms with Crippen molar-refractivity contribution < 1.29 is 19.0 Å². The van der Waals surface area contributed by atoms with Crippen LogP contribution in [0.1, 0.15) is 36.9 Å². The minimum atomic E-state index is -0.209. The van der Waals surface area contributed by atoms with Gasteiger partial charge in [0.15, 0.2) is 5.82 Å². The Morgan fingerprint density at radius 2 is 1.77 bits per heavy atom. The molecule has 1 atom stereocenters. The summed E-state index contributed by atoms with van der Waals surface area (Å²) in [7, 11) is 3.25. The zero-order valence-electron chi connectivity index (χ0n) is 20.7. The molecule has 1 aromatic heterocycles. The van der Waals surface area contributed by atoms with E-state index in [1.165, 1.54) is 0 Å². The Balaban J connectivity index is 1.39. The average molecular weight is 477 g/mol. The lowest BCUT2D eigenvalue weighted by Gasteiger charge is -2.33. The topological polar surface area (TPSA) is 85.8 Å². The van der Waals surface area contributed by atoms with Crippen molar-refractivity contribution in [3.63, 3.8) is 0 Å². The Hall–Kier alpha value is -3.81. The molecule has 1 aliphatic heterocycles. The molecule has 0 spiro atoms. The highest BCUT2D eigenvalue weighted by Gasteiger charge is 2.29. The van der Waals surface area contributed by atoms with Gasteiger partial charge in [-0.25, -0.2) is 9.97 Å². The number of aromatic nitrogens is 2. The Morgan fingerprint density at radius 1 is 1.03 bits per heavy atom. The van der Waals surface area contributed by atoms with Crippen molar-refractivity contribution >= 4 is 11.7 Å². The van der Waals surface area contributed by atoms with E-state index in [1.54, 1.807) is 26.6 Å². The number of anilines is 1. The number of carbonyl (C=O) groups is 1. The lowest BCUT2D eigenvalue weighted by molar-refractivity contribution is -0.126. The first kappa shape index (κ1) is 24.3. The van der Waals surface area contributed by atoms with Gasteiger partial charge in [0.2, 0.25) is 5.91 Å². The number of benzene rings is 2. The van der Waals surface area contributed by atoms with Gasteiger partial charge in [-0.15, -0.1) is 0 Å². The van der Waals surface area contributed by atoms with E-state index in [0.29, 0.717) is 37.6 Å². The summed E-state index contributed by atoms with van der Waals surface area (Å²) in [4.78, 5) is 24.2. The number of amides is 1. The van der Waals surface area contributed by atoms with E-state index in [0.717, 1.165) is 28.4 Å². The molecule has 8 heteroatoms. The third kappa shape index (κ3) is 5.65. The number of methoxy groups -OCH3 is 2. The predicted octanol–water partition coefficient (Wildman–Crippen LogP) is 4.69. The molecule has 3 aromatic rings. The number of carbonyl (C=O) groups excluding carboxylic acids is 1. The van der Waals surface area contributed by atoms with Crippen LogP contribution >= 0.6 is 0 Å². The maximum absolute atomic E-state index is 13.1. The number of hydrogen-bond donors (Lipinski definition) is 1. The monoisotopic (exact) mass is 476 g/mol. The van der Waals surface area contributed by atoms with E-state index in [9.17, 15) is 4.79 Å². The number of piperidine rings is 1. The highest BCUT2D eigenvalue weighted by molar-refractivity contribution is 5.79. The van der Waals surface area contributed by atoms with E-state index in [2.05, 4.69) is 20.2 Å². The second-order valence-corrected chi connectivity index (χ2v) is 8.65. The maximum atomic E-state index is 13.1. The third-order valence-corrected chi connectivity index (χ3v) is 6.37. The Labute approximate surface area is 206 Å². The van der Waals surface area contributed by atoms with Gasteiger partial charge in [0.05, 0.1) is 20.3 Å². The number of nitrogens with one attached hydrogen (secondary N) is 1. The van der Waals surface area contributed by atoms with Gasteiger partial charge in [-0.3, -0.25) is 4.79 Å². The summed E-state index contributed by atoms with van der Waals surface area (Å²) in [6.45, 7) is 5.34. The van der Waals surface area contributed by atoms with Crippen LogP contribution in [-0.2, 0) is 4.79 Å². The first-order chi connectivity index (χ1) is 17.0. The van der Waals surface area contributed by atoms with Gasteiger partial charge in [0, 0.05) is 37.0 Å². The smallest absolute Gasteiger partial charge is 0.263 e. The molecule has 1 saturated heterocycles. The minimum absolute atomic E-state index is 0.0394. The Bertz CT molecular complexity index is 1160. The summed E-state index contributed by atoms with van der Waals surface area (Å²) < 4.78 is 16.9. The van der Waals surface area contributed by atoms with Gasteiger partial charge in [-0.1, -0.05) is 18.2 Å². The van der Waals surface area contributed by atoms with Crippen LogP contribution in [0.15, 0.2) is 54.9 Å². The second kappa shape index (κ2) is 11.1. The van der Waals surface area contributed by atoms with Gasteiger partial charge in [0.1, 0.15) is 17.2 Å². The highest BCUT2D eigenvalue weighted by Crippen LogP contribution is 2.33. The summed E-state index contributed by atoms with van der Waals surface area (Å²) in [6, 6.07) is 13.2. The van der Waals surface area contributed by atoms with Crippen molar-refractivity contribution in [2.24, 2.45) is 5.92 Å². The lowest BCUT2D eigenvalue weighted by atomic mass is 9.95. The summed E-state index contributed by atoms with van der Waals surface area (Å²) in [5, 5.41) is 3.15. The molecule has 0 unspecified atom stereocenters. The standard InChI is InChI=1S/C27H32N4O4/c1-18-7-5-6-8-23(18)35-27-25(28-13-14-29-27)31-15-11-20(12-16-31)26(32)30-19(2)22-17-21(33-3)9-10-24(22)34-4/h5-10,13-14,17,19-20H,11-12,15-16H2,1-4H3,(H,30,32)/t19-/m0/s1. The second-order valence-electron chi connectivity index (χ2n) is 8.65. The molecule has 2 heterocycles. The summed E-state index contributed by atoms with van der Waals surface area (Å²) in [5.74, 6) is 3.33. The molecule has 0 bridgehead atoms. The van der Waals surface area contributed by atoms with Crippen LogP contribution in [0.25, 0.3) is 0 Å². The molecular weight excluding hydrogens is 444 g/mol. The highest BCUT2D eigenvalue weighted by atomic mass is 16.5. The average Bonchev–Trinajstić information content (AvgIpc) is 2.90. The molecule has 35 heavy (non-hydrogen) atoms. The number of hydrogen-bond acceptors (Lipinski definition) is 7. The van der Waals surface area contributed by atoms with Gasteiger partial charge in [0.25, 0.3) is 5.88 Å². The Kier molecular flexibility index (Phi) is 7.70. The van der Waals surface area contributed by atoms with Crippen molar-refractivity contribution in [1.82, 2.24) is 15.3 Å². The fraction of sp³-hybridized carbons (Fsp3) is 0.370. The molecule has 0 aliphatic carbocycles. The van der Waals surface area contributed by atoms with Crippen molar-refractivity contribution in [3.8, 4) is 23.1 Å². The molecular formula is C27H32N4O4. The largest absolute Gasteiger partial charge is 0.497 e. The third-order valence-electron chi connectivity index (χ3n) is 6.37. The number of rotatable bonds is 8. The van der Waals surface area contributed by atoms with Crippen molar-refractivity contribution in [2.45, 2.75) is 32.7 Å². The molecule has 184 valence electrons. The van der Waals surface area contributed by atoms with E-state index >= 15 is 0 Å². The summed E-state index contributed by atoms with van der Waals surface area (Å²) in [6.07, 6.45) is 4.73. The summed E-state index contributed by atoms with van der Waals surface area (Å²) >= 11 is 0. The number of ether oxygens (including phenoxy) is 3. The predicted molar refractivity (Wildman–Crippen MR) is 134 cm³/mol. The van der Waals surface area contributed by atoms with E-state index in [1.807, 2.05) is 56.3 Å². The summed E-state index contributed by atoms with van der Waals surface area (Å²) in [5.41, 5.74) is 1.91. The van der Waals surface area contributed by atoms with Gasteiger partial charge in [-0.2, -0.15) is 0 Å². The molecule has 1 aliphatic rings. The van der Waals surface area contributed by atoms with E-state index < -0.39 is 0 Å². The van der Waals surface area contributed by atoms with Crippen LogP contribution in [0.3, 0.4) is 0 Å². The van der Waals surface area contributed by atoms with Gasteiger partial charge in [-0.05, 0) is 56.5 Å². The molecule has 4 rings (SSSR count). The Morgan fingerprint density at radius 3 is 2.49 bits per heavy atom. The van der Waals surface area contributed by atoms with Crippen LogP contribution in [-0.4, -0.2) is 43.2 Å². The molecule has 8 nitrogen and oxygen atoms in total. The zero-order valence-corrected chi connectivity index (χ0v) is 20.7. The van der Waals surface area contributed by atoms with Crippen LogP contribution in [0.2, 0.25) is 0 Å². The molecule has 0 saturated carbocycles. The van der Waals surface area contributed by atoms with Crippen molar-refractivity contribution in [1.29, 1.82) is 0 Å². The van der Waals surface area contributed by atoms with Crippen LogP contribution in [0, 0.1) is 12.8 Å². The van der Waals surface area contributed by atoms with Crippen molar-refractivity contribution in [2.75, 3.05) is 32.2 Å². The minimum Gasteiger partial charge on any atom is -0.497 e. The van der Waals surface area contributed by atoms with Crippen molar-refractivity contribution in [3.05, 3.63) is 66.0 Å². The quantitative estimate of drug-likeness (QED) is 0.505. The maximum Gasteiger partial charge on any atom is 0.263 e. The van der Waals surface area contributed by atoms with E-state index in [4.69, 9.17) is 14.2 Å². The number of aryl methyl sites for hydroxylation is 1. The van der Waals surface area contributed by atoms with E-state index in [-0.39, 0.29) is 17.9 Å². The zero-order chi connectivity index (χ0) is 24.8. The van der Waals surface area contributed by atoms with Gasteiger partial charge < -0.3 is 24.4 Å². The SMILES string of the molecule is COc1ccc(OC)c([C@H](C)NC(=O)C2CCN(c3nccnc3Oc3ccccc3C)CC2)c1. The van der Waals surface area contributed by atoms with Crippen LogP contribution in [0.5, 0.6) is 23.1 Å². The molecule has 1 N–H and O–H groups in total. The number of nitrogens with zero attached hydrogens (tertiary/aromatic N) is 3. The number of para-hydroxylation sites is 1. The van der Waals surface area contributed by atoms with Crippen LogP contribution in [0.4, 0.5) is 5.82 Å². The van der Waals surface area contributed by atoms with Gasteiger partial charge >= 0.3 is 0 Å². The van der Waals surface area contributed by atoms with Crippen LogP contribution < -0.4 is 24.4 Å². The fourth-order valence-corrected chi connectivity index (χ4v) is 4.32. The molecule has 1 fully saturated rings. The molecule has 1 amide bonds. The molecule has 2 aromatic carbocycles. The fourth-order valence-electron chi connectivity index (χ4n) is 4.32. The molecule has 0 radical (unpaired) electrons. The lowest BCUT2D eigenvalue weighted by Crippen LogP contribution is -2.41.